The molecule has 1 aliphatic heterocycles. The van der Waals surface area contributed by atoms with Crippen molar-refractivity contribution in [2.75, 3.05) is 13.1 Å². The summed E-state index contributed by atoms with van der Waals surface area (Å²) in [4.78, 5) is 3.27. The molecule has 0 unspecified atom stereocenters. The van der Waals surface area contributed by atoms with Crippen LogP contribution in [0.5, 0.6) is 5.75 Å². The maximum Gasteiger partial charge on any atom is 0.234 e. The van der Waals surface area contributed by atoms with Crippen molar-refractivity contribution < 1.29 is 4.74 Å². The number of aromatic nitrogens is 4. The lowest BCUT2D eigenvalue weighted by atomic mass is 10.1. The summed E-state index contributed by atoms with van der Waals surface area (Å²) < 4.78 is 8.06. The molecule has 1 aliphatic rings. The highest BCUT2D eigenvalue weighted by Gasteiger charge is 2.19. The highest BCUT2D eigenvalue weighted by Crippen LogP contribution is 2.28. The maximum absolute atomic E-state index is 6.17. The van der Waals surface area contributed by atoms with Gasteiger partial charge in [-0.1, -0.05) is 48.1 Å². The van der Waals surface area contributed by atoms with Gasteiger partial charge in [0.05, 0.1) is 6.54 Å². The summed E-state index contributed by atoms with van der Waals surface area (Å²) in [6.07, 6.45) is 3.72. The molecule has 0 radical (unpaired) electrons. The van der Waals surface area contributed by atoms with Crippen LogP contribution < -0.4 is 4.74 Å². The van der Waals surface area contributed by atoms with E-state index in [2.05, 4.69) is 39.4 Å². The molecule has 7 heteroatoms. The molecule has 6 nitrogen and oxygen atoms in total. The molecule has 2 aromatic heterocycles. The van der Waals surface area contributed by atoms with E-state index in [0.29, 0.717) is 0 Å². The fraction of sp³-hybridized carbons (Fsp3) is 0.381. The molecular weight excluding hydrogens is 370 g/mol. The smallest absolute Gasteiger partial charge is 0.234 e. The Bertz CT molecular complexity index is 1100. The highest BCUT2D eigenvalue weighted by atomic mass is 32.1. The standard InChI is InChI=1S/C21H23N5OS/c1-15(27-18-10-9-16-7-3-4-8-17(16)13-18)20-24-26-19(22-23-21(26)28-20)14-25-11-5-2-6-12-25/h3-4,7-10,13,15H,2,5-6,11-12,14H2,1H3/t15-/m0/s1. The zero-order valence-corrected chi connectivity index (χ0v) is 16.7. The van der Waals surface area contributed by atoms with Gasteiger partial charge in [-0.15, -0.1) is 10.2 Å². The zero-order valence-electron chi connectivity index (χ0n) is 15.9. The topological polar surface area (TPSA) is 55.6 Å². The van der Waals surface area contributed by atoms with Crippen molar-refractivity contribution in [2.24, 2.45) is 0 Å². The van der Waals surface area contributed by atoms with E-state index in [4.69, 9.17) is 9.84 Å². The first-order valence-corrected chi connectivity index (χ1v) is 10.7. The Hall–Kier alpha value is -2.51. The van der Waals surface area contributed by atoms with Gasteiger partial charge in [0.1, 0.15) is 11.9 Å². The fourth-order valence-corrected chi connectivity index (χ4v) is 4.59. The van der Waals surface area contributed by atoms with Crippen LogP contribution in [0.3, 0.4) is 0 Å². The van der Waals surface area contributed by atoms with Crippen LogP contribution in [0.15, 0.2) is 42.5 Å². The van der Waals surface area contributed by atoms with Gasteiger partial charge in [-0.25, -0.2) is 0 Å². The number of piperidine rings is 1. The molecule has 144 valence electrons. The van der Waals surface area contributed by atoms with Gasteiger partial charge in [0, 0.05) is 0 Å². The monoisotopic (exact) mass is 393 g/mol. The van der Waals surface area contributed by atoms with Crippen molar-refractivity contribution in [3.63, 3.8) is 0 Å². The van der Waals surface area contributed by atoms with Crippen LogP contribution in [-0.4, -0.2) is 37.8 Å². The second-order valence-electron chi connectivity index (χ2n) is 7.36. The SMILES string of the molecule is C[C@H](Oc1ccc2ccccc2c1)c1nn2c(CN3CCCCC3)nnc2s1. The maximum atomic E-state index is 6.17. The predicted molar refractivity (Wildman–Crippen MR) is 111 cm³/mol. The van der Waals surface area contributed by atoms with Crippen LogP contribution in [0.25, 0.3) is 15.7 Å². The average Bonchev–Trinajstić information content (AvgIpc) is 3.31. The molecule has 0 saturated carbocycles. The van der Waals surface area contributed by atoms with Crippen LogP contribution in [0, 0.1) is 0 Å². The van der Waals surface area contributed by atoms with Gasteiger partial charge in [0.25, 0.3) is 0 Å². The molecule has 0 aliphatic carbocycles. The third-order valence-electron chi connectivity index (χ3n) is 5.27. The Morgan fingerprint density at radius 3 is 2.71 bits per heavy atom. The van der Waals surface area contributed by atoms with E-state index in [9.17, 15) is 0 Å². The molecule has 1 atom stereocenters. The number of ether oxygens (including phenoxy) is 1. The molecule has 1 fully saturated rings. The summed E-state index contributed by atoms with van der Waals surface area (Å²) in [5.74, 6) is 1.77. The normalized spacial score (nSPS) is 16.6. The van der Waals surface area contributed by atoms with Gasteiger partial charge in [-0.3, -0.25) is 4.90 Å². The van der Waals surface area contributed by atoms with Crippen molar-refractivity contribution >= 4 is 27.1 Å². The molecule has 0 spiro atoms. The summed E-state index contributed by atoms with van der Waals surface area (Å²) in [6.45, 7) is 5.11. The minimum Gasteiger partial charge on any atom is -0.483 e. The number of benzene rings is 2. The first-order chi connectivity index (χ1) is 13.8. The zero-order chi connectivity index (χ0) is 18.9. The minimum atomic E-state index is -0.143. The highest BCUT2D eigenvalue weighted by molar-refractivity contribution is 7.16. The van der Waals surface area contributed by atoms with Gasteiger partial charge in [0.2, 0.25) is 4.96 Å². The molecule has 0 bridgehead atoms. The van der Waals surface area contributed by atoms with Gasteiger partial charge in [-0.05, 0) is 55.8 Å². The summed E-state index contributed by atoms with van der Waals surface area (Å²) in [6, 6.07) is 14.5. The van der Waals surface area contributed by atoms with E-state index < -0.39 is 0 Å². The molecule has 0 amide bonds. The summed E-state index contributed by atoms with van der Waals surface area (Å²) in [5, 5.41) is 16.7. The lowest BCUT2D eigenvalue weighted by molar-refractivity contribution is 0.213. The van der Waals surface area contributed by atoms with Crippen molar-refractivity contribution in [1.29, 1.82) is 0 Å². The Balaban J connectivity index is 1.34. The lowest BCUT2D eigenvalue weighted by Gasteiger charge is -2.25. The molecule has 3 heterocycles. The van der Waals surface area contributed by atoms with Crippen LogP contribution in [0.4, 0.5) is 0 Å². The second kappa shape index (κ2) is 7.48. The second-order valence-corrected chi connectivity index (χ2v) is 8.34. The van der Waals surface area contributed by atoms with E-state index >= 15 is 0 Å². The lowest BCUT2D eigenvalue weighted by Crippen LogP contribution is -2.30. The molecule has 5 rings (SSSR count). The molecule has 2 aromatic carbocycles. The Kier molecular flexibility index (Phi) is 4.70. The summed E-state index contributed by atoms with van der Waals surface area (Å²) >= 11 is 1.55. The quantitative estimate of drug-likeness (QED) is 0.501. The molecule has 28 heavy (non-hydrogen) atoms. The third-order valence-corrected chi connectivity index (χ3v) is 6.33. The molecule has 4 aromatic rings. The van der Waals surface area contributed by atoms with E-state index in [-0.39, 0.29) is 6.10 Å². The Morgan fingerprint density at radius 1 is 1.04 bits per heavy atom. The first-order valence-electron chi connectivity index (χ1n) is 9.85. The van der Waals surface area contributed by atoms with E-state index in [1.165, 1.54) is 30.0 Å². The van der Waals surface area contributed by atoms with Crippen LogP contribution in [0.2, 0.25) is 0 Å². The van der Waals surface area contributed by atoms with Crippen molar-refractivity contribution in [3.05, 3.63) is 53.3 Å². The Labute approximate surface area is 167 Å². The molecular formula is C21H23N5OS. The van der Waals surface area contributed by atoms with Gasteiger partial charge >= 0.3 is 0 Å². The summed E-state index contributed by atoms with van der Waals surface area (Å²) in [7, 11) is 0. The van der Waals surface area contributed by atoms with Crippen molar-refractivity contribution in [3.8, 4) is 5.75 Å². The number of nitrogens with zero attached hydrogens (tertiary/aromatic N) is 5. The number of likely N-dealkylation sites (tertiary alicyclic amines) is 1. The predicted octanol–water partition coefficient (Wildman–Crippen LogP) is 4.46. The van der Waals surface area contributed by atoms with E-state index in [0.717, 1.165) is 41.2 Å². The van der Waals surface area contributed by atoms with Crippen molar-refractivity contribution in [2.45, 2.75) is 38.8 Å². The third kappa shape index (κ3) is 3.47. The number of rotatable bonds is 5. The Morgan fingerprint density at radius 2 is 1.86 bits per heavy atom. The molecule has 1 saturated heterocycles. The molecule has 0 N–H and O–H groups in total. The van der Waals surface area contributed by atoms with Gasteiger partial charge in [-0.2, -0.15) is 9.61 Å². The van der Waals surface area contributed by atoms with E-state index in [1.807, 2.05) is 29.6 Å². The largest absolute Gasteiger partial charge is 0.483 e. The number of fused-ring (bicyclic) bond motifs is 2. The fourth-order valence-electron chi connectivity index (χ4n) is 3.75. The van der Waals surface area contributed by atoms with Crippen LogP contribution in [-0.2, 0) is 6.54 Å². The summed E-state index contributed by atoms with van der Waals surface area (Å²) in [5.41, 5.74) is 0. The number of hydrogen-bond donors (Lipinski definition) is 0. The van der Waals surface area contributed by atoms with Crippen LogP contribution in [0.1, 0.15) is 43.1 Å². The van der Waals surface area contributed by atoms with Gasteiger partial charge in [0.15, 0.2) is 10.8 Å². The first kappa shape index (κ1) is 17.6. The average molecular weight is 394 g/mol. The van der Waals surface area contributed by atoms with E-state index in [1.54, 1.807) is 11.3 Å². The minimum absolute atomic E-state index is 0.143. The van der Waals surface area contributed by atoms with Crippen molar-refractivity contribution in [1.82, 2.24) is 24.7 Å². The van der Waals surface area contributed by atoms with Crippen LogP contribution >= 0.6 is 11.3 Å². The van der Waals surface area contributed by atoms with Gasteiger partial charge < -0.3 is 4.74 Å². The number of hydrogen-bond acceptors (Lipinski definition) is 6.